The molecule has 0 aliphatic rings. The van der Waals surface area contributed by atoms with Crippen molar-refractivity contribution in [3.8, 4) is 11.3 Å². The van der Waals surface area contributed by atoms with E-state index in [4.69, 9.17) is 5.73 Å². The molecule has 0 aliphatic heterocycles. The van der Waals surface area contributed by atoms with Crippen LogP contribution in [-0.2, 0) is 6.42 Å². The second kappa shape index (κ2) is 5.90. The van der Waals surface area contributed by atoms with Crippen LogP contribution in [0.15, 0.2) is 24.3 Å². The van der Waals surface area contributed by atoms with Gasteiger partial charge in [0, 0.05) is 37.3 Å². The van der Waals surface area contributed by atoms with E-state index < -0.39 is 0 Å². The molecule has 0 spiro atoms. The van der Waals surface area contributed by atoms with Crippen molar-refractivity contribution in [3.05, 3.63) is 35.7 Å². The summed E-state index contributed by atoms with van der Waals surface area (Å²) in [6, 6.07) is 8.35. The van der Waals surface area contributed by atoms with Crippen LogP contribution >= 0.6 is 0 Å². The van der Waals surface area contributed by atoms with Crippen LogP contribution in [0.3, 0.4) is 0 Å². The van der Waals surface area contributed by atoms with Crippen LogP contribution in [0.4, 0.5) is 11.5 Å². The van der Waals surface area contributed by atoms with E-state index in [1.165, 1.54) is 5.69 Å². The van der Waals surface area contributed by atoms with Crippen LogP contribution < -0.4 is 10.6 Å². The van der Waals surface area contributed by atoms with Crippen molar-refractivity contribution in [2.24, 2.45) is 0 Å². The van der Waals surface area contributed by atoms with Crippen LogP contribution in [0.25, 0.3) is 11.3 Å². The first-order chi connectivity index (χ1) is 9.52. The summed E-state index contributed by atoms with van der Waals surface area (Å²) >= 11 is 0. The molecular formula is C16H22N4. The molecule has 1 heterocycles. The number of nitrogen functional groups attached to an aromatic ring is 1. The normalized spacial score (nSPS) is 10.6. The lowest BCUT2D eigenvalue weighted by molar-refractivity contribution is 0.836. The first-order valence-corrected chi connectivity index (χ1v) is 6.93. The number of anilines is 2. The summed E-state index contributed by atoms with van der Waals surface area (Å²) in [6.45, 7) is 4.09. The van der Waals surface area contributed by atoms with E-state index in [0.717, 1.165) is 35.5 Å². The Morgan fingerprint density at radius 3 is 2.30 bits per heavy atom. The van der Waals surface area contributed by atoms with Gasteiger partial charge in [-0.05, 0) is 25.5 Å². The van der Waals surface area contributed by atoms with E-state index in [9.17, 15) is 0 Å². The predicted molar refractivity (Wildman–Crippen MR) is 84.9 cm³/mol. The Hall–Kier alpha value is -2.10. The topological polar surface area (TPSA) is 55.0 Å². The number of nitrogens with zero attached hydrogens (tertiary/aromatic N) is 3. The van der Waals surface area contributed by atoms with E-state index in [-0.39, 0.29) is 0 Å². The number of aromatic nitrogens is 2. The molecule has 4 heteroatoms. The zero-order valence-electron chi connectivity index (χ0n) is 12.6. The van der Waals surface area contributed by atoms with E-state index in [1.807, 2.05) is 21.0 Å². The van der Waals surface area contributed by atoms with Gasteiger partial charge in [-0.1, -0.05) is 19.1 Å². The molecule has 0 saturated heterocycles. The number of benzene rings is 1. The summed E-state index contributed by atoms with van der Waals surface area (Å²) < 4.78 is 0. The molecule has 2 aromatic rings. The lowest BCUT2D eigenvalue weighted by Gasteiger charge is -2.14. The Balaban J connectivity index is 2.45. The Morgan fingerprint density at radius 1 is 1.10 bits per heavy atom. The summed E-state index contributed by atoms with van der Waals surface area (Å²) in [5, 5.41) is 0. The SMILES string of the molecule is CCCc1nc(N)c(C)c(-c2ccc(N(C)C)cc2)n1. The standard InChI is InChI=1S/C16H22N4/c1-5-6-14-18-15(11(2)16(17)19-14)12-7-9-13(10-8-12)20(3)4/h7-10H,5-6H2,1-4H3,(H2,17,18,19). The van der Waals surface area contributed by atoms with Gasteiger partial charge in [-0.15, -0.1) is 0 Å². The highest BCUT2D eigenvalue weighted by Crippen LogP contribution is 2.26. The highest BCUT2D eigenvalue weighted by Gasteiger charge is 2.10. The molecular weight excluding hydrogens is 248 g/mol. The predicted octanol–water partition coefficient (Wildman–Crippen LogP) is 3.05. The summed E-state index contributed by atoms with van der Waals surface area (Å²) in [4.78, 5) is 11.1. The van der Waals surface area contributed by atoms with Gasteiger partial charge in [0.15, 0.2) is 0 Å². The van der Waals surface area contributed by atoms with Crippen LogP contribution in [0.1, 0.15) is 24.7 Å². The van der Waals surface area contributed by atoms with Crippen LogP contribution in [-0.4, -0.2) is 24.1 Å². The lowest BCUT2D eigenvalue weighted by Crippen LogP contribution is -2.08. The smallest absolute Gasteiger partial charge is 0.131 e. The summed E-state index contributed by atoms with van der Waals surface area (Å²) in [5.74, 6) is 1.40. The van der Waals surface area contributed by atoms with Gasteiger partial charge in [-0.2, -0.15) is 0 Å². The maximum Gasteiger partial charge on any atom is 0.131 e. The van der Waals surface area contributed by atoms with Crippen molar-refractivity contribution >= 4 is 11.5 Å². The molecule has 0 unspecified atom stereocenters. The molecule has 0 saturated carbocycles. The van der Waals surface area contributed by atoms with Gasteiger partial charge < -0.3 is 10.6 Å². The first kappa shape index (κ1) is 14.3. The van der Waals surface area contributed by atoms with Gasteiger partial charge in [0.25, 0.3) is 0 Å². The maximum atomic E-state index is 6.01. The zero-order valence-corrected chi connectivity index (χ0v) is 12.6. The Morgan fingerprint density at radius 2 is 1.75 bits per heavy atom. The third-order valence-electron chi connectivity index (χ3n) is 3.36. The molecule has 2 rings (SSSR count). The van der Waals surface area contributed by atoms with Crippen LogP contribution in [0.5, 0.6) is 0 Å². The molecule has 0 atom stereocenters. The van der Waals surface area contributed by atoms with E-state index >= 15 is 0 Å². The van der Waals surface area contributed by atoms with Gasteiger partial charge >= 0.3 is 0 Å². The van der Waals surface area contributed by atoms with Gasteiger partial charge in [0.05, 0.1) is 5.69 Å². The summed E-state index contributed by atoms with van der Waals surface area (Å²) in [5.41, 5.74) is 10.1. The molecule has 4 nitrogen and oxygen atoms in total. The van der Waals surface area contributed by atoms with Crippen molar-refractivity contribution in [1.29, 1.82) is 0 Å². The Kier molecular flexibility index (Phi) is 4.23. The van der Waals surface area contributed by atoms with Crippen molar-refractivity contribution in [1.82, 2.24) is 9.97 Å². The fourth-order valence-electron chi connectivity index (χ4n) is 2.12. The second-order valence-corrected chi connectivity index (χ2v) is 5.19. The average Bonchev–Trinajstić information content (AvgIpc) is 2.43. The summed E-state index contributed by atoms with van der Waals surface area (Å²) in [7, 11) is 4.06. The fraction of sp³-hybridized carbons (Fsp3) is 0.375. The lowest BCUT2D eigenvalue weighted by atomic mass is 10.1. The highest BCUT2D eigenvalue weighted by atomic mass is 15.1. The minimum Gasteiger partial charge on any atom is -0.383 e. The quantitative estimate of drug-likeness (QED) is 0.927. The Bertz CT molecular complexity index is 588. The van der Waals surface area contributed by atoms with Crippen molar-refractivity contribution < 1.29 is 0 Å². The third kappa shape index (κ3) is 2.90. The molecule has 1 aromatic carbocycles. The third-order valence-corrected chi connectivity index (χ3v) is 3.36. The van der Waals surface area contributed by atoms with E-state index in [1.54, 1.807) is 0 Å². The van der Waals surface area contributed by atoms with Gasteiger partial charge in [-0.3, -0.25) is 0 Å². The Labute approximate surface area is 120 Å². The number of hydrogen-bond donors (Lipinski definition) is 1. The highest BCUT2D eigenvalue weighted by molar-refractivity contribution is 5.69. The minimum absolute atomic E-state index is 0.579. The largest absolute Gasteiger partial charge is 0.383 e. The van der Waals surface area contributed by atoms with Crippen molar-refractivity contribution in [2.45, 2.75) is 26.7 Å². The zero-order chi connectivity index (χ0) is 14.7. The monoisotopic (exact) mass is 270 g/mol. The van der Waals surface area contributed by atoms with Gasteiger partial charge in [0.1, 0.15) is 11.6 Å². The maximum absolute atomic E-state index is 6.01. The number of aryl methyl sites for hydroxylation is 1. The molecule has 20 heavy (non-hydrogen) atoms. The minimum atomic E-state index is 0.579. The van der Waals surface area contributed by atoms with Crippen LogP contribution in [0, 0.1) is 6.92 Å². The van der Waals surface area contributed by atoms with Gasteiger partial charge in [-0.25, -0.2) is 9.97 Å². The number of nitrogens with two attached hydrogens (primary N) is 1. The molecule has 2 N–H and O–H groups in total. The molecule has 0 fully saturated rings. The first-order valence-electron chi connectivity index (χ1n) is 6.93. The van der Waals surface area contributed by atoms with E-state index in [2.05, 4.69) is 46.1 Å². The molecule has 0 amide bonds. The molecule has 0 bridgehead atoms. The van der Waals surface area contributed by atoms with Crippen molar-refractivity contribution in [3.63, 3.8) is 0 Å². The molecule has 0 aliphatic carbocycles. The number of hydrogen-bond acceptors (Lipinski definition) is 4. The fourth-order valence-corrected chi connectivity index (χ4v) is 2.12. The molecule has 1 aromatic heterocycles. The van der Waals surface area contributed by atoms with E-state index in [0.29, 0.717) is 5.82 Å². The molecule has 106 valence electrons. The van der Waals surface area contributed by atoms with Crippen LogP contribution in [0.2, 0.25) is 0 Å². The van der Waals surface area contributed by atoms with Crippen molar-refractivity contribution in [2.75, 3.05) is 24.7 Å². The van der Waals surface area contributed by atoms with Gasteiger partial charge in [0.2, 0.25) is 0 Å². The summed E-state index contributed by atoms with van der Waals surface area (Å²) in [6.07, 6.45) is 1.87. The second-order valence-electron chi connectivity index (χ2n) is 5.19. The molecule has 0 radical (unpaired) electrons. The average molecular weight is 270 g/mol. The number of rotatable bonds is 4.